The van der Waals surface area contributed by atoms with Crippen molar-refractivity contribution in [2.45, 2.75) is 31.4 Å². The molecule has 174 valence electrons. The quantitative estimate of drug-likeness (QED) is 0.272. The Labute approximate surface area is 194 Å². The summed E-state index contributed by atoms with van der Waals surface area (Å²) in [6.07, 6.45) is 4.64. The van der Waals surface area contributed by atoms with E-state index in [0.717, 1.165) is 6.42 Å². The second kappa shape index (κ2) is 9.99. The number of carbonyl (C=O) groups is 2. The second-order valence-corrected chi connectivity index (χ2v) is 7.85. The van der Waals surface area contributed by atoms with Gasteiger partial charge in [0, 0.05) is 47.5 Å². The molecule has 1 fully saturated rings. The minimum atomic E-state index is -0.686. The highest BCUT2D eigenvalue weighted by molar-refractivity contribution is 5.95. The summed E-state index contributed by atoms with van der Waals surface area (Å²) in [5.74, 6) is -1.22. The van der Waals surface area contributed by atoms with E-state index in [1.807, 2.05) is 0 Å². The molecule has 1 aliphatic carbocycles. The van der Waals surface area contributed by atoms with Gasteiger partial charge in [-0.2, -0.15) is 0 Å². The van der Waals surface area contributed by atoms with Gasteiger partial charge in [0.2, 0.25) is 0 Å². The van der Waals surface area contributed by atoms with Crippen molar-refractivity contribution in [3.8, 4) is 5.75 Å². The highest BCUT2D eigenvalue weighted by Gasteiger charge is 2.32. The molecule has 0 radical (unpaired) electrons. The number of phenolic OH excluding ortho intramolecular Hbond substituents is 1. The number of pyridine rings is 1. The summed E-state index contributed by atoms with van der Waals surface area (Å²) in [5.41, 5.74) is 1.51. The summed E-state index contributed by atoms with van der Waals surface area (Å²) in [6.45, 7) is 0. The number of hydrogen-bond donors (Lipinski definition) is 3. The van der Waals surface area contributed by atoms with E-state index in [9.17, 15) is 24.8 Å². The fourth-order valence-corrected chi connectivity index (χ4v) is 3.80. The number of aromatic hydroxyl groups is 1. The summed E-state index contributed by atoms with van der Waals surface area (Å²) in [4.78, 5) is 39.3. The van der Waals surface area contributed by atoms with E-state index in [1.54, 1.807) is 18.2 Å². The fourth-order valence-electron chi connectivity index (χ4n) is 3.80. The number of nitro groups is 1. The molecule has 34 heavy (non-hydrogen) atoms. The van der Waals surface area contributed by atoms with Crippen molar-refractivity contribution in [2.24, 2.45) is 0 Å². The van der Waals surface area contributed by atoms with E-state index < -0.39 is 17.0 Å². The van der Waals surface area contributed by atoms with Crippen molar-refractivity contribution < 1.29 is 24.4 Å². The third kappa shape index (κ3) is 5.29. The van der Waals surface area contributed by atoms with E-state index in [-0.39, 0.29) is 28.9 Å². The molecule has 0 unspecified atom stereocenters. The van der Waals surface area contributed by atoms with Crippen LogP contribution in [0, 0.1) is 10.1 Å². The zero-order chi connectivity index (χ0) is 24.1. The van der Waals surface area contributed by atoms with Gasteiger partial charge in [-0.3, -0.25) is 19.9 Å². The number of amides is 1. The monoisotopic (exact) mass is 462 g/mol. The van der Waals surface area contributed by atoms with E-state index in [1.165, 1.54) is 48.8 Å². The van der Waals surface area contributed by atoms with Gasteiger partial charge in [-0.1, -0.05) is 0 Å². The Morgan fingerprint density at radius 1 is 1.03 bits per heavy atom. The molecule has 10 nitrogen and oxygen atoms in total. The van der Waals surface area contributed by atoms with Crippen LogP contribution in [0.25, 0.3) is 0 Å². The number of esters is 1. The Morgan fingerprint density at radius 3 is 2.41 bits per heavy atom. The molecular formula is C24H22N4O6. The predicted molar refractivity (Wildman–Crippen MR) is 123 cm³/mol. The lowest BCUT2D eigenvalue weighted by atomic mass is 10.1. The van der Waals surface area contributed by atoms with Crippen LogP contribution in [-0.2, 0) is 4.74 Å². The van der Waals surface area contributed by atoms with Crippen molar-refractivity contribution in [2.75, 3.05) is 5.32 Å². The van der Waals surface area contributed by atoms with Gasteiger partial charge in [0.1, 0.15) is 17.4 Å². The molecule has 0 aliphatic heterocycles. The third-order valence-electron chi connectivity index (χ3n) is 5.55. The Kier molecular flexibility index (Phi) is 6.67. The minimum Gasteiger partial charge on any atom is -0.507 e. The second-order valence-electron chi connectivity index (χ2n) is 7.85. The maximum atomic E-state index is 12.7. The molecule has 3 aromatic rings. The van der Waals surface area contributed by atoms with Crippen LogP contribution in [0.3, 0.4) is 0 Å². The van der Waals surface area contributed by atoms with E-state index in [4.69, 9.17) is 4.74 Å². The van der Waals surface area contributed by atoms with Crippen LogP contribution in [0.4, 0.5) is 17.1 Å². The number of aromatic nitrogens is 1. The van der Waals surface area contributed by atoms with Gasteiger partial charge in [-0.15, -0.1) is 0 Å². The molecular weight excluding hydrogens is 440 g/mol. The highest BCUT2D eigenvalue weighted by Crippen LogP contribution is 2.29. The number of non-ortho nitro benzene ring substituents is 1. The average Bonchev–Trinajstić information content (AvgIpc) is 3.26. The summed E-state index contributed by atoms with van der Waals surface area (Å²) in [6, 6.07) is 13.1. The number of benzene rings is 2. The smallest absolute Gasteiger partial charge is 0.342 e. The van der Waals surface area contributed by atoms with Gasteiger partial charge in [-0.25, -0.2) is 4.79 Å². The van der Waals surface area contributed by atoms with Crippen molar-refractivity contribution in [3.05, 3.63) is 88.2 Å². The molecule has 10 heteroatoms. The lowest BCUT2D eigenvalue weighted by Crippen LogP contribution is -2.42. The number of rotatable bonds is 7. The van der Waals surface area contributed by atoms with Gasteiger partial charge >= 0.3 is 5.97 Å². The predicted octanol–water partition coefficient (Wildman–Crippen LogP) is 3.95. The number of phenols is 1. The highest BCUT2D eigenvalue weighted by atomic mass is 16.6. The molecule has 0 bridgehead atoms. The number of nitrogens with zero attached hydrogens (tertiary/aromatic N) is 2. The lowest BCUT2D eigenvalue weighted by Gasteiger charge is -2.21. The first-order valence-corrected chi connectivity index (χ1v) is 10.7. The fraction of sp³-hybridized carbons (Fsp3) is 0.208. The Hall–Kier alpha value is -4.47. The van der Waals surface area contributed by atoms with Gasteiger partial charge in [-0.05, 0) is 55.7 Å². The number of ether oxygens (including phenoxy) is 1. The number of anilines is 2. The van der Waals surface area contributed by atoms with Crippen LogP contribution in [0.5, 0.6) is 5.75 Å². The number of carbonyl (C=O) groups excluding carboxylic acids is 2. The maximum absolute atomic E-state index is 12.7. The first kappa shape index (κ1) is 22.7. The zero-order valence-corrected chi connectivity index (χ0v) is 18.0. The van der Waals surface area contributed by atoms with Gasteiger partial charge < -0.3 is 20.5 Å². The van der Waals surface area contributed by atoms with E-state index >= 15 is 0 Å². The van der Waals surface area contributed by atoms with Crippen LogP contribution in [0.1, 0.15) is 40.0 Å². The molecule has 4 rings (SSSR count). The largest absolute Gasteiger partial charge is 0.507 e. The van der Waals surface area contributed by atoms with Crippen LogP contribution in [0.2, 0.25) is 0 Å². The number of nitro benzene ring substituents is 1. The number of hydrogen-bond acceptors (Lipinski definition) is 8. The minimum absolute atomic E-state index is 0.000333. The summed E-state index contributed by atoms with van der Waals surface area (Å²) in [7, 11) is 0. The van der Waals surface area contributed by atoms with Crippen molar-refractivity contribution in [1.29, 1.82) is 0 Å². The molecule has 2 aromatic carbocycles. The molecule has 0 saturated heterocycles. The summed E-state index contributed by atoms with van der Waals surface area (Å²) in [5, 5.41) is 27.1. The van der Waals surface area contributed by atoms with Gasteiger partial charge in [0.05, 0.1) is 11.0 Å². The van der Waals surface area contributed by atoms with Crippen LogP contribution < -0.4 is 10.6 Å². The van der Waals surface area contributed by atoms with Crippen LogP contribution in [-0.4, -0.2) is 39.0 Å². The van der Waals surface area contributed by atoms with Crippen molar-refractivity contribution >= 4 is 28.9 Å². The SMILES string of the molecule is O=C(N[C@@H]1CCC[C@H]1OC(=O)c1ccc(Nc2ccc([N+](=O)[O-])cc2)cc1O)c1ccncc1. The normalized spacial score (nSPS) is 17.1. The average molecular weight is 462 g/mol. The van der Waals surface area contributed by atoms with Gasteiger partial charge in [0.15, 0.2) is 0 Å². The third-order valence-corrected chi connectivity index (χ3v) is 5.55. The molecule has 1 saturated carbocycles. The maximum Gasteiger partial charge on any atom is 0.342 e. The summed E-state index contributed by atoms with van der Waals surface area (Å²) < 4.78 is 5.61. The Balaban J connectivity index is 1.38. The van der Waals surface area contributed by atoms with E-state index in [2.05, 4.69) is 15.6 Å². The molecule has 0 spiro atoms. The summed E-state index contributed by atoms with van der Waals surface area (Å²) >= 11 is 0. The topological polar surface area (TPSA) is 144 Å². The lowest BCUT2D eigenvalue weighted by molar-refractivity contribution is -0.384. The number of nitrogens with one attached hydrogen (secondary N) is 2. The molecule has 1 amide bonds. The van der Waals surface area contributed by atoms with E-state index in [0.29, 0.717) is 29.8 Å². The Bertz CT molecular complexity index is 1200. The van der Waals surface area contributed by atoms with Gasteiger partial charge in [0.25, 0.3) is 11.6 Å². The molecule has 1 heterocycles. The standard InChI is InChI=1S/C24H22N4O6/c29-21-14-17(26-16-4-7-18(8-5-16)28(32)33)6-9-19(21)24(31)34-22-3-1-2-20(22)27-23(30)15-10-12-25-13-11-15/h4-14,20,22,26,29H,1-3H2,(H,27,30)/t20-,22-/m1/s1. The van der Waals surface area contributed by atoms with Crippen LogP contribution >= 0.6 is 0 Å². The molecule has 3 N–H and O–H groups in total. The first-order chi connectivity index (χ1) is 16.4. The van der Waals surface area contributed by atoms with Crippen molar-refractivity contribution in [1.82, 2.24) is 10.3 Å². The van der Waals surface area contributed by atoms with Crippen molar-refractivity contribution in [3.63, 3.8) is 0 Å². The first-order valence-electron chi connectivity index (χ1n) is 10.7. The zero-order valence-electron chi connectivity index (χ0n) is 18.0. The molecule has 1 aliphatic rings. The molecule has 1 aromatic heterocycles. The Morgan fingerprint density at radius 2 is 1.74 bits per heavy atom. The molecule has 2 atom stereocenters. The van der Waals surface area contributed by atoms with Crippen LogP contribution in [0.15, 0.2) is 67.0 Å².